The minimum Gasteiger partial charge on any atom is -0.493 e. The van der Waals surface area contributed by atoms with Crippen molar-refractivity contribution in [3.05, 3.63) is 108 Å². The number of benzene rings is 3. The molecule has 0 saturated carbocycles. The Labute approximate surface area is 209 Å². The largest absolute Gasteiger partial charge is 0.493 e. The molecular weight excluding hydrogens is 456 g/mol. The number of methoxy groups -OCH3 is 2. The van der Waals surface area contributed by atoms with Gasteiger partial charge in [-0.05, 0) is 60.2 Å². The van der Waals surface area contributed by atoms with E-state index < -0.39 is 11.5 Å². The van der Waals surface area contributed by atoms with Crippen molar-refractivity contribution in [2.24, 2.45) is 0 Å². The van der Waals surface area contributed by atoms with Crippen LogP contribution in [-0.4, -0.2) is 35.6 Å². The molecule has 1 aromatic heterocycles. The van der Waals surface area contributed by atoms with E-state index in [1.54, 1.807) is 62.8 Å². The van der Waals surface area contributed by atoms with Gasteiger partial charge in [0.1, 0.15) is 0 Å². The Hall–Kier alpha value is -4.36. The second-order valence-corrected chi connectivity index (χ2v) is 8.70. The van der Waals surface area contributed by atoms with Crippen molar-refractivity contribution >= 4 is 17.4 Å². The van der Waals surface area contributed by atoms with Crippen LogP contribution in [0.5, 0.6) is 11.5 Å². The molecule has 0 spiro atoms. The van der Waals surface area contributed by atoms with E-state index in [1.165, 1.54) is 4.90 Å². The number of carbonyl (C=O) groups excluding carboxylic acids is 2. The average Bonchev–Trinajstić information content (AvgIpc) is 3.52. The molecule has 1 N–H and O–H groups in total. The fourth-order valence-electron chi connectivity index (χ4n) is 4.66. The molecule has 1 aliphatic heterocycles. The number of ketones is 1. The summed E-state index contributed by atoms with van der Waals surface area (Å²) in [5.74, 6) is 0.284. The molecule has 0 aliphatic carbocycles. The van der Waals surface area contributed by atoms with Crippen LogP contribution < -0.4 is 14.4 Å². The number of aliphatic hydroxyl groups is 1. The van der Waals surface area contributed by atoms with Gasteiger partial charge in [-0.2, -0.15) is 0 Å². The maximum Gasteiger partial charge on any atom is 0.264 e. The van der Waals surface area contributed by atoms with Crippen LogP contribution in [0, 0.1) is 0 Å². The van der Waals surface area contributed by atoms with E-state index in [-0.39, 0.29) is 18.7 Å². The van der Waals surface area contributed by atoms with E-state index in [2.05, 4.69) is 0 Å². The van der Waals surface area contributed by atoms with Crippen molar-refractivity contribution in [2.45, 2.75) is 18.6 Å². The second kappa shape index (κ2) is 9.36. The predicted molar refractivity (Wildman–Crippen MR) is 136 cm³/mol. The fourth-order valence-corrected chi connectivity index (χ4v) is 4.66. The van der Waals surface area contributed by atoms with Gasteiger partial charge >= 0.3 is 0 Å². The van der Waals surface area contributed by atoms with Gasteiger partial charge in [0.2, 0.25) is 0 Å². The van der Waals surface area contributed by atoms with E-state index in [1.807, 2.05) is 47.3 Å². The van der Waals surface area contributed by atoms with Crippen LogP contribution in [0.25, 0.3) is 5.69 Å². The number of hydrogen-bond donors (Lipinski definition) is 1. The quantitative estimate of drug-likeness (QED) is 0.374. The Morgan fingerprint density at radius 2 is 1.58 bits per heavy atom. The zero-order chi connectivity index (χ0) is 25.3. The van der Waals surface area contributed by atoms with Crippen molar-refractivity contribution in [3.63, 3.8) is 0 Å². The molecule has 0 fully saturated rings. The third-order valence-electron chi connectivity index (χ3n) is 6.54. The molecular formula is C29H26N2O5. The molecule has 1 aliphatic rings. The van der Waals surface area contributed by atoms with Gasteiger partial charge in [0.15, 0.2) is 22.9 Å². The molecule has 4 aromatic rings. The molecule has 0 radical (unpaired) electrons. The summed E-state index contributed by atoms with van der Waals surface area (Å²) in [4.78, 5) is 28.3. The number of fused-ring (bicyclic) bond motifs is 1. The average molecular weight is 483 g/mol. The van der Waals surface area contributed by atoms with Crippen molar-refractivity contribution in [2.75, 3.05) is 19.1 Å². The van der Waals surface area contributed by atoms with E-state index in [0.717, 1.165) is 11.3 Å². The summed E-state index contributed by atoms with van der Waals surface area (Å²) in [6, 6.07) is 23.4. The highest BCUT2D eigenvalue weighted by atomic mass is 16.5. The molecule has 2 heterocycles. The van der Waals surface area contributed by atoms with Gasteiger partial charge in [0.25, 0.3) is 5.91 Å². The molecule has 1 unspecified atom stereocenters. The van der Waals surface area contributed by atoms with E-state index in [0.29, 0.717) is 28.3 Å². The van der Waals surface area contributed by atoms with Crippen LogP contribution >= 0.6 is 0 Å². The van der Waals surface area contributed by atoms with Gasteiger partial charge in [-0.1, -0.05) is 24.3 Å². The third-order valence-corrected chi connectivity index (χ3v) is 6.54. The van der Waals surface area contributed by atoms with E-state index >= 15 is 0 Å². The maximum absolute atomic E-state index is 13.6. The zero-order valence-corrected chi connectivity index (χ0v) is 20.0. The Morgan fingerprint density at radius 3 is 2.28 bits per heavy atom. The van der Waals surface area contributed by atoms with Crippen LogP contribution in [0.2, 0.25) is 0 Å². The number of carbonyl (C=O) groups is 2. The summed E-state index contributed by atoms with van der Waals surface area (Å²) in [5.41, 5.74) is 1.19. The smallest absolute Gasteiger partial charge is 0.264 e. The molecule has 1 amide bonds. The third kappa shape index (κ3) is 4.03. The minimum absolute atomic E-state index is 0.207. The van der Waals surface area contributed by atoms with E-state index in [4.69, 9.17) is 9.47 Å². The highest BCUT2D eigenvalue weighted by Crippen LogP contribution is 2.44. The first-order valence-corrected chi connectivity index (χ1v) is 11.6. The van der Waals surface area contributed by atoms with Gasteiger partial charge < -0.3 is 24.0 Å². The zero-order valence-electron chi connectivity index (χ0n) is 20.0. The summed E-state index contributed by atoms with van der Waals surface area (Å²) in [6.45, 7) is 0.207. The minimum atomic E-state index is -1.96. The number of amides is 1. The molecule has 36 heavy (non-hydrogen) atoms. The first-order valence-electron chi connectivity index (χ1n) is 11.6. The highest BCUT2D eigenvalue weighted by Gasteiger charge is 2.50. The van der Waals surface area contributed by atoms with Gasteiger partial charge in [-0.25, -0.2) is 0 Å². The second-order valence-electron chi connectivity index (χ2n) is 8.70. The van der Waals surface area contributed by atoms with E-state index in [9.17, 15) is 14.7 Å². The summed E-state index contributed by atoms with van der Waals surface area (Å²) < 4.78 is 12.6. The van der Waals surface area contributed by atoms with Gasteiger partial charge in [0.05, 0.1) is 32.9 Å². The van der Waals surface area contributed by atoms with Crippen molar-refractivity contribution in [1.82, 2.24) is 4.57 Å². The Kier molecular flexibility index (Phi) is 6.08. The Balaban J connectivity index is 1.41. The lowest BCUT2D eigenvalue weighted by Gasteiger charge is -2.23. The number of nitrogens with zero attached hydrogens (tertiary/aromatic N) is 2. The lowest BCUT2D eigenvalue weighted by Crippen LogP contribution is -2.41. The summed E-state index contributed by atoms with van der Waals surface area (Å²) in [6.07, 6.45) is 3.48. The fraction of sp³-hybridized carbons (Fsp3) is 0.172. The molecule has 7 heteroatoms. The van der Waals surface area contributed by atoms with Crippen LogP contribution in [0.1, 0.15) is 27.9 Å². The van der Waals surface area contributed by atoms with Crippen LogP contribution in [0.4, 0.5) is 5.69 Å². The van der Waals surface area contributed by atoms with Crippen LogP contribution in [0.15, 0.2) is 91.3 Å². The Bertz CT molecular complexity index is 1410. The molecule has 7 nitrogen and oxygen atoms in total. The lowest BCUT2D eigenvalue weighted by molar-refractivity contribution is -0.136. The number of Topliss-reactive ketones (excluding diaryl/α,β-unsaturated/α-hetero) is 1. The van der Waals surface area contributed by atoms with Gasteiger partial charge in [0, 0.05) is 29.2 Å². The first-order chi connectivity index (χ1) is 17.4. The Morgan fingerprint density at radius 1 is 0.889 bits per heavy atom. The molecule has 3 aromatic carbocycles. The van der Waals surface area contributed by atoms with Gasteiger partial charge in [-0.15, -0.1) is 0 Å². The number of ether oxygens (including phenoxy) is 2. The van der Waals surface area contributed by atoms with Crippen LogP contribution in [0.3, 0.4) is 0 Å². The topological polar surface area (TPSA) is 81.0 Å². The number of anilines is 1. The maximum atomic E-state index is 13.6. The highest BCUT2D eigenvalue weighted by molar-refractivity contribution is 6.10. The molecule has 0 bridgehead atoms. The van der Waals surface area contributed by atoms with Crippen molar-refractivity contribution in [3.8, 4) is 17.2 Å². The van der Waals surface area contributed by atoms with Crippen molar-refractivity contribution in [1.29, 1.82) is 0 Å². The lowest BCUT2D eigenvalue weighted by atomic mass is 9.88. The monoisotopic (exact) mass is 482 g/mol. The summed E-state index contributed by atoms with van der Waals surface area (Å²) >= 11 is 0. The number of aromatic nitrogens is 1. The number of hydrogen-bond acceptors (Lipinski definition) is 5. The number of para-hydroxylation sites is 1. The molecule has 1 atom stereocenters. The number of rotatable bonds is 8. The predicted octanol–water partition coefficient (Wildman–Crippen LogP) is 4.50. The SMILES string of the molecule is COc1ccc(CN2C(=O)C(O)(CC(=O)c3ccc(-n4cccc4)cc3)c3ccccc32)cc1OC. The normalized spacial score (nSPS) is 16.6. The van der Waals surface area contributed by atoms with Crippen LogP contribution in [-0.2, 0) is 16.9 Å². The standard InChI is InChI=1S/C29H26N2O5/c1-35-26-14-9-20(17-27(26)36-2)19-31-24-8-4-3-7-23(24)29(34,28(31)33)18-25(32)21-10-12-22(13-11-21)30-15-5-6-16-30/h3-17,34H,18-19H2,1-2H3. The molecule has 5 rings (SSSR count). The van der Waals surface area contributed by atoms with Gasteiger partial charge in [-0.3, -0.25) is 9.59 Å². The summed E-state index contributed by atoms with van der Waals surface area (Å²) in [7, 11) is 3.11. The molecule has 0 saturated heterocycles. The molecule has 182 valence electrons. The van der Waals surface area contributed by atoms with Crippen molar-refractivity contribution < 1.29 is 24.2 Å². The summed E-state index contributed by atoms with van der Waals surface area (Å²) in [5, 5.41) is 11.6. The first kappa shape index (κ1) is 23.4.